The number of fused-ring (bicyclic) bond motifs is 1. The molecule has 1 aromatic rings. The first kappa shape index (κ1) is 12.1. The molecule has 0 unspecified atom stereocenters. The summed E-state index contributed by atoms with van der Waals surface area (Å²) < 4.78 is 5.70. The van der Waals surface area contributed by atoms with Gasteiger partial charge in [-0.15, -0.1) is 0 Å². The molecule has 0 spiro atoms. The van der Waals surface area contributed by atoms with Crippen LogP contribution >= 0.6 is 0 Å². The fourth-order valence-electron chi connectivity index (χ4n) is 2.22. The number of carboxylic acid groups (broad SMARTS) is 1. The second kappa shape index (κ2) is 4.49. The molecule has 0 atom stereocenters. The maximum Gasteiger partial charge on any atom is 0.336 e. The Morgan fingerprint density at radius 3 is 2.29 bits per heavy atom. The van der Waals surface area contributed by atoms with E-state index in [9.17, 15) is 9.90 Å². The lowest BCUT2D eigenvalue weighted by molar-refractivity contribution is -0.166. The van der Waals surface area contributed by atoms with Gasteiger partial charge in [-0.1, -0.05) is 38.1 Å². The first-order valence-electron chi connectivity index (χ1n) is 5.98. The van der Waals surface area contributed by atoms with Gasteiger partial charge in [0.1, 0.15) is 0 Å². The summed E-state index contributed by atoms with van der Waals surface area (Å²) >= 11 is 0. The minimum atomic E-state index is -1.05. The predicted molar refractivity (Wildman–Crippen MR) is 65.0 cm³/mol. The molecule has 92 valence electrons. The van der Waals surface area contributed by atoms with Crippen molar-refractivity contribution in [2.24, 2.45) is 5.92 Å². The van der Waals surface area contributed by atoms with Crippen LogP contribution in [-0.2, 0) is 22.4 Å². The van der Waals surface area contributed by atoms with Crippen molar-refractivity contribution < 1.29 is 14.6 Å². The molecule has 0 fully saturated rings. The summed E-state index contributed by atoms with van der Waals surface area (Å²) in [5.41, 5.74) is 1.14. The van der Waals surface area contributed by atoms with Crippen LogP contribution in [0.4, 0.5) is 0 Å². The van der Waals surface area contributed by atoms with E-state index in [1.807, 2.05) is 38.1 Å². The van der Waals surface area contributed by atoms with E-state index < -0.39 is 11.6 Å². The van der Waals surface area contributed by atoms with Crippen LogP contribution in [0, 0.1) is 5.92 Å². The lowest BCUT2D eigenvalue weighted by atomic mass is 10.00. The van der Waals surface area contributed by atoms with Gasteiger partial charge in [0.05, 0.1) is 6.61 Å². The minimum absolute atomic E-state index is 0.343. The van der Waals surface area contributed by atoms with Crippen molar-refractivity contribution in [3.05, 3.63) is 35.4 Å². The maximum atomic E-state index is 11.5. The Kier molecular flexibility index (Phi) is 3.20. The van der Waals surface area contributed by atoms with Crippen molar-refractivity contribution in [1.29, 1.82) is 0 Å². The molecule has 1 aliphatic carbocycles. The van der Waals surface area contributed by atoms with Crippen molar-refractivity contribution in [3.8, 4) is 0 Å². The third-order valence-electron chi connectivity index (χ3n) is 3.15. The summed E-state index contributed by atoms with van der Waals surface area (Å²) in [6.07, 6.45) is 0.955. The summed E-state index contributed by atoms with van der Waals surface area (Å²) in [5, 5.41) is 9.42. The van der Waals surface area contributed by atoms with E-state index in [1.165, 1.54) is 0 Å². The van der Waals surface area contributed by atoms with Crippen molar-refractivity contribution in [3.63, 3.8) is 0 Å². The number of aliphatic carboxylic acids is 1. The van der Waals surface area contributed by atoms with E-state index in [1.54, 1.807) is 0 Å². The molecule has 0 aliphatic heterocycles. The van der Waals surface area contributed by atoms with E-state index >= 15 is 0 Å². The van der Waals surface area contributed by atoms with Gasteiger partial charge < -0.3 is 9.84 Å². The average molecular weight is 234 g/mol. The Hall–Kier alpha value is -1.35. The van der Waals surface area contributed by atoms with Gasteiger partial charge in [0, 0.05) is 12.8 Å². The molecule has 0 radical (unpaired) electrons. The number of hydrogen-bond donors (Lipinski definition) is 1. The molecule has 0 saturated carbocycles. The zero-order valence-electron chi connectivity index (χ0n) is 10.3. The second-order valence-corrected chi connectivity index (χ2v) is 5.13. The van der Waals surface area contributed by atoms with Gasteiger partial charge >= 0.3 is 5.97 Å². The molecule has 0 aromatic heterocycles. The first-order valence-corrected chi connectivity index (χ1v) is 5.98. The van der Waals surface area contributed by atoms with E-state index in [0.717, 1.165) is 11.1 Å². The van der Waals surface area contributed by atoms with Crippen molar-refractivity contribution in [2.45, 2.75) is 32.3 Å². The molecule has 1 aromatic carbocycles. The second-order valence-electron chi connectivity index (χ2n) is 5.13. The molecule has 0 bridgehead atoms. The van der Waals surface area contributed by atoms with E-state index in [2.05, 4.69) is 0 Å². The highest BCUT2D eigenvalue weighted by atomic mass is 16.5. The molecule has 3 nitrogen and oxygen atoms in total. The summed E-state index contributed by atoms with van der Waals surface area (Å²) in [7, 11) is 0. The summed E-state index contributed by atoms with van der Waals surface area (Å²) in [5.74, 6) is -0.510. The normalized spacial score (nSPS) is 17.1. The van der Waals surface area contributed by atoms with Crippen LogP contribution in [0.25, 0.3) is 0 Å². The molecule has 3 heteroatoms. The number of carboxylic acids is 1. The molecule has 1 aliphatic rings. The average Bonchev–Trinajstić information content (AvgIpc) is 2.66. The molecular weight excluding hydrogens is 216 g/mol. The molecule has 0 heterocycles. The Morgan fingerprint density at radius 1 is 1.35 bits per heavy atom. The van der Waals surface area contributed by atoms with E-state index in [4.69, 9.17) is 4.74 Å². The molecule has 0 amide bonds. The highest BCUT2D eigenvalue weighted by Gasteiger charge is 2.45. The fraction of sp³-hybridized carbons (Fsp3) is 0.500. The van der Waals surface area contributed by atoms with Crippen LogP contribution in [-0.4, -0.2) is 23.3 Å². The summed E-state index contributed by atoms with van der Waals surface area (Å²) in [4.78, 5) is 11.5. The zero-order valence-corrected chi connectivity index (χ0v) is 10.3. The van der Waals surface area contributed by atoms with Gasteiger partial charge in [0.2, 0.25) is 0 Å². The standard InChI is InChI=1S/C14H18O3/c1-10(2)9-17-14(13(15)16)7-11-5-3-4-6-12(11)8-14/h3-6,10H,7-9H2,1-2H3,(H,15,16). The van der Waals surface area contributed by atoms with Crippen molar-refractivity contribution in [2.75, 3.05) is 6.61 Å². The molecule has 1 N–H and O–H groups in total. The molecule has 0 saturated heterocycles. The molecule has 17 heavy (non-hydrogen) atoms. The third kappa shape index (κ3) is 2.34. The van der Waals surface area contributed by atoms with Crippen LogP contribution in [0.1, 0.15) is 25.0 Å². The van der Waals surface area contributed by atoms with Gasteiger partial charge in [-0.25, -0.2) is 4.79 Å². The Bertz CT molecular complexity index is 398. The first-order chi connectivity index (χ1) is 8.03. The topological polar surface area (TPSA) is 46.5 Å². The van der Waals surface area contributed by atoms with Gasteiger partial charge in [-0.2, -0.15) is 0 Å². The quantitative estimate of drug-likeness (QED) is 0.869. The van der Waals surface area contributed by atoms with E-state index in [0.29, 0.717) is 25.4 Å². The highest BCUT2D eigenvalue weighted by Crippen LogP contribution is 2.33. The predicted octanol–water partition coefficient (Wildman–Crippen LogP) is 2.28. The number of carbonyl (C=O) groups is 1. The smallest absolute Gasteiger partial charge is 0.336 e. The monoisotopic (exact) mass is 234 g/mol. The van der Waals surface area contributed by atoms with Gasteiger partial charge in [-0.05, 0) is 17.0 Å². The summed E-state index contributed by atoms with van der Waals surface area (Å²) in [6, 6.07) is 7.86. The van der Waals surface area contributed by atoms with Crippen LogP contribution in [0.15, 0.2) is 24.3 Å². The van der Waals surface area contributed by atoms with Crippen LogP contribution in [0.3, 0.4) is 0 Å². The van der Waals surface area contributed by atoms with E-state index in [-0.39, 0.29) is 0 Å². The summed E-state index contributed by atoms with van der Waals surface area (Å²) in [6.45, 7) is 4.54. The van der Waals surface area contributed by atoms with Crippen molar-refractivity contribution in [1.82, 2.24) is 0 Å². The largest absolute Gasteiger partial charge is 0.479 e. The SMILES string of the molecule is CC(C)COC1(C(=O)O)Cc2ccccc2C1. The molecule has 2 rings (SSSR count). The van der Waals surface area contributed by atoms with Crippen LogP contribution in [0.2, 0.25) is 0 Å². The van der Waals surface area contributed by atoms with Crippen LogP contribution < -0.4 is 0 Å². The Balaban J connectivity index is 2.20. The third-order valence-corrected chi connectivity index (χ3v) is 3.15. The lowest BCUT2D eigenvalue weighted by Crippen LogP contribution is -2.43. The zero-order chi connectivity index (χ0) is 12.5. The number of ether oxygens (including phenoxy) is 1. The lowest BCUT2D eigenvalue weighted by Gasteiger charge is -2.25. The Morgan fingerprint density at radius 2 is 1.88 bits per heavy atom. The number of rotatable bonds is 4. The maximum absolute atomic E-state index is 11.5. The number of hydrogen-bond acceptors (Lipinski definition) is 2. The minimum Gasteiger partial charge on any atom is -0.479 e. The fourth-order valence-corrected chi connectivity index (χ4v) is 2.22. The van der Waals surface area contributed by atoms with Gasteiger partial charge in [0.25, 0.3) is 0 Å². The van der Waals surface area contributed by atoms with Crippen LogP contribution in [0.5, 0.6) is 0 Å². The van der Waals surface area contributed by atoms with Gasteiger partial charge in [-0.3, -0.25) is 0 Å². The van der Waals surface area contributed by atoms with Crippen molar-refractivity contribution >= 4 is 5.97 Å². The Labute approximate surface area is 101 Å². The number of benzene rings is 1. The molecular formula is C14H18O3. The highest BCUT2D eigenvalue weighted by molar-refractivity contribution is 5.80. The van der Waals surface area contributed by atoms with Gasteiger partial charge in [0.15, 0.2) is 5.60 Å².